The predicted molar refractivity (Wildman–Crippen MR) is 73.4 cm³/mol. The minimum atomic E-state index is -1.05. The third-order valence-corrected chi connectivity index (χ3v) is 4.80. The molecule has 1 aliphatic carbocycles. The molecule has 0 spiro atoms. The van der Waals surface area contributed by atoms with Gasteiger partial charge in [0.05, 0.1) is 6.07 Å². The Labute approximate surface area is 114 Å². The zero-order chi connectivity index (χ0) is 13.3. The predicted octanol–water partition coefficient (Wildman–Crippen LogP) is 1.83. The summed E-state index contributed by atoms with van der Waals surface area (Å²) in [4.78, 5) is 2.42. The summed E-state index contributed by atoms with van der Waals surface area (Å²) in [6.07, 6.45) is 3.04. The number of nitrogens with zero attached hydrogens (tertiary/aromatic N) is 2. The lowest BCUT2D eigenvalue weighted by molar-refractivity contribution is -0.0392. The zero-order valence-electron chi connectivity index (χ0n) is 11.1. The summed E-state index contributed by atoms with van der Waals surface area (Å²) in [5.41, 5.74) is 0.305. The third kappa shape index (κ3) is 2.27. The molecule has 1 aromatic carbocycles. The standard InChI is InChI=1S/C16H20N2O/c17-12-16(19)14-6-7-15(16)11-18(10-14)9-8-13-4-2-1-3-5-13/h1-5,14-15,19H,6-11H2/t14-,15+,16?. The fourth-order valence-corrected chi connectivity index (χ4v) is 3.63. The summed E-state index contributed by atoms with van der Waals surface area (Å²) in [5.74, 6) is 0.291. The second-order valence-corrected chi connectivity index (χ2v) is 5.90. The van der Waals surface area contributed by atoms with E-state index in [1.54, 1.807) is 0 Å². The fraction of sp³-hybridized carbons (Fsp3) is 0.562. The quantitative estimate of drug-likeness (QED) is 0.839. The molecule has 1 saturated heterocycles. The highest BCUT2D eigenvalue weighted by Crippen LogP contribution is 2.44. The van der Waals surface area contributed by atoms with Crippen LogP contribution in [0.25, 0.3) is 0 Å². The Hall–Kier alpha value is -1.37. The van der Waals surface area contributed by atoms with E-state index >= 15 is 0 Å². The Morgan fingerprint density at radius 3 is 2.42 bits per heavy atom. The summed E-state index contributed by atoms with van der Waals surface area (Å²) >= 11 is 0. The van der Waals surface area contributed by atoms with Gasteiger partial charge < -0.3 is 10.0 Å². The van der Waals surface area contributed by atoms with Gasteiger partial charge in [-0.05, 0) is 24.8 Å². The van der Waals surface area contributed by atoms with Gasteiger partial charge in [0, 0.05) is 31.5 Å². The molecule has 1 unspecified atom stereocenters. The van der Waals surface area contributed by atoms with E-state index in [4.69, 9.17) is 0 Å². The summed E-state index contributed by atoms with van der Waals surface area (Å²) in [5, 5.41) is 19.6. The first-order valence-corrected chi connectivity index (χ1v) is 7.12. The molecule has 2 aliphatic rings. The van der Waals surface area contributed by atoms with Crippen molar-refractivity contribution in [1.29, 1.82) is 5.26 Å². The fourth-order valence-electron chi connectivity index (χ4n) is 3.63. The SMILES string of the molecule is N#CC1(O)[C@@H]2CC[C@H]1CN(CCc1ccccc1)C2. The van der Waals surface area contributed by atoms with Crippen LogP contribution in [0.4, 0.5) is 0 Å². The van der Waals surface area contributed by atoms with Crippen molar-refractivity contribution in [2.45, 2.75) is 24.9 Å². The maximum atomic E-state index is 10.4. The third-order valence-electron chi connectivity index (χ3n) is 4.80. The van der Waals surface area contributed by atoms with Gasteiger partial charge in [-0.15, -0.1) is 0 Å². The lowest BCUT2D eigenvalue weighted by Gasteiger charge is -2.40. The largest absolute Gasteiger partial charge is 0.375 e. The molecule has 1 aromatic rings. The van der Waals surface area contributed by atoms with Gasteiger partial charge in [0.25, 0.3) is 0 Å². The van der Waals surface area contributed by atoms with Crippen molar-refractivity contribution in [2.75, 3.05) is 19.6 Å². The zero-order valence-corrected chi connectivity index (χ0v) is 11.1. The summed E-state index contributed by atoms with van der Waals surface area (Å²) in [6, 6.07) is 12.7. The lowest BCUT2D eigenvalue weighted by atomic mass is 9.81. The first kappa shape index (κ1) is 12.7. The van der Waals surface area contributed by atoms with Gasteiger partial charge in [-0.25, -0.2) is 0 Å². The van der Waals surface area contributed by atoms with Crippen molar-refractivity contribution in [2.24, 2.45) is 11.8 Å². The number of aliphatic hydroxyl groups is 1. The molecule has 3 rings (SSSR count). The van der Waals surface area contributed by atoms with Crippen LogP contribution in [0.3, 0.4) is 0 Å². The van der Waals surface area contributed by atoms with Crippen molar-refractivity contribution in [3.8, 4) is 6.07 Å². The molecule has 0 aromatic heterocycles. The monoisotopic (exact) mass is 256 g/mol. The smallest absolute Gasteiger partial charge is 0.159 e. The summed E-state index contributed by atoms with van der Waals surface area (Å²) < 4.78 is 0. The number of hydrogen-bond acceptors (Lipinski definition) is 3. The topological polar surface area (TPSA) is 47.3 Å². The van der Waals surface area contributed by atoms with Gasteiger partial charge in [0.15, 0.2) is 5.60 Å². The van der Waals surface area contributed by atoms with Crippen molar-refractivity contribution < 1.29 is 5.11 Å². The number of fused-ring (bicyclic) bond motifs is 2. The van der Waals surface area contributed by atoms with Crippen LogP contribution >= 0.6 is 0 Å². The van der Waals surface area contributed by atoms with E-state index in [-0.39, 0.29) is 11.8 Å². The molecule has 2 bridgehead atoms. The van der Waals surface area contributed by atoms with E-state index in [0.717, 1.165) is 38.9 Å². The second kappa shape index (κ2) is 4.96. The summed E-state index contributed by atoms with van der Waals surface area (Å²) in [7, 11) is 0. The molecule has 1 N–H and O–H groups in total. The van der Waals surface area contributed by atoms with E-state index in [9.17, 15) is 10.4 Å². The molecule has 1 saturated carbocycles. The van der Waals surface area contributed by atoms with Crippen LogP contribution in [-0.2, 0) is 6.42 Å². The van der Waals surface area contributed by atoms with Crippen molar-refractivity contribution in [3.63, 3.8) is 0 Å². The van der Waals surface area contributed by atoms with Crippen molar-refractivity contribution >= 4 is 0 Å². The molecule has 100 valence electrons. The van der Waals surface area contributed by atoms with Crippen molar-refractivity contribution in [1.82, 2.24) is 4.90 Å². The van der Waals surface area contributed by atoms with Gasteiger partial charge >= 0.3 is 0 Å². The van der Waals surface area contributed by atoms with E-state index < -0.39 is 5.60 Å². The van der Waals surface area contributed by atoms with Gasteiger partial charge in [-0.2, -0.15) is 5.26 Å². The van der Waals surface area contributed by atoms with Gasteiger partial charge in [0.2, 0.25) is 0 Å². The Bertz CT molecular complexity index is 465. The van der Waals surface area contributed by atoms with E-state index in [0.29, 0.717) is 0 Å². The Morgan fingerprint density at radius 1 is 1.21 bits per heavy atom. The Balaban J connectivity index is 1.60. The van der Waals surface area contributed by atoms with E-state index in [1.165, 1.54) is 5.56 Å². The molecular formula is C16H20N2O. The highest BCUT2D eigenvalue weighted by molar-refractivity contribution is 5.17. The number of benzene rings is 1. The van der Waals surface area contributed by atoms with Crippen LogP contribution in [-0.4, -0.2) is 35.2 Å². The first-order chi connectivity index (χ1) is 9.22. The molecule has 0 radical (unpaired) electrons. The Morgan fingerprint density at radius 2 is 1.84 bits per heavy atom. The Kier molecular flexibility index (Phi) is 3.30. The highest BCUT2D eigenvalue weighted by Gasteiger charge is 2.53. The van der Waals surface area contributed by atoms with Gasteiger partial charge in [-0.1, -0.05) is 30.3 Å². The van der Waals surface area contributed by atoms with Crippen LogP contribution < -0.4 is 0 Å². The van der Waals surface area contributed by atoms with Crippen LogP contribution in [0.5, 0.6) is 0 Å². The molecule has 3 heteroatoms. The number of hydrogen-bond donors (Lipinski definition) is 1. The maximum Gasteiger partial charge on any atom is 0.159 e. The van der Waals surface area contributed by atoms with Crippen molar-refractivity contribution in [3.05, 3.63) is 35.9 Å². The number of piperidine rings is 1. The molecule has 3 atom stereocenters. The molecule has 1 heterocycles. The molecule has 0 amide bonds. The number of rotatable bonds is 3. The van der Waals surface area contributed by atoms with Crippen LogP contribution in [0.15, 0.2) is 30.3 Å². The molecule has 2 fully saturated rings. The molecule has 3 nitrogen and oxygen atoms in total. The normalized spacial score (nSPS) is 34.1. The van der Waals surface area contributed by atoms with Crippen LogP contribution in [0, 0.1) is 23.2 Å². The minimum Gasteiger partial charge on any atom is -0.375 e. The van der Waals surface area contributed by atoms with Crippen LogP contribution in [0.2, 0.25) is 0 Å². The number of likely N-dealkylation sites (tertiary alicyclic amines) is 1. The van der Waals surface area contributed by atoms with Gasteiger partial charge in [0.1, 0.15) is 0 Å². The average molecular weight is 256 g/mol. The highest BCUT2D eigenvalue weighted by atomic mass is 16.3. The van der Waals surface area contributed by atoms with Crippen LogP contribution in [0.1, 0.15) is 18.4 Å². The molecule has 19 heavy (non-hydrogen) atoms. The van der Waals surface area contributed by atoms with Gasteiger partial charge in [-0.3, -0.25) is 0 Å². The molecule has 1 aliphatic heterocycles. The van der Waals surface area contributed by atoms with E-state index in [2.05, 4.69) is 35.2 Å². The number of nitriles is 1. The lowest BCUT2D eigenvalue weighted by Crippen LogP contribution is -2.53. The average Bonchev–Trinajstić information content (AvgIpc) is 2.65. The minimum absolute atomic E-state index is 0.145. The van der Waals surface area contributed by atoms with E-state index in [1.807, 2.05) is 6.07 Å². The second-order valence-electron chi connectivity index (χ2n) is 5.90. The first-order valence-electron chi connectivity index (χ1n) is 7.12. The maximum absolute atomic E-state index is 10.4. The summed E-state index contributed by atoms with van der Waals surface area (Å²) in [6.45, 7) is 2.76. The molecular weight excluding hydrogens is 236 g/mol.